The Hall–Kier alpha value is -1.35. The van der Waals surface area contributed by atoms with E-state index in [1.54, 1.807) is 0 Å². The van der Waals surface area contributed by atoms with E-state index in [4.69, 9.17) is 4.74 Å². The average molecular weight is 322 g/mol. The number of carbonyl (C=O) groups is 1. The lowest BCUT2D eigenvalue weighted by molar-refractivity contribution is -0.150. The van der Waals surface area contributed by atoms with Crippen molar-refractivity contribution in [3.63, 3.8) is 0 Å². The van der Waals surface area contributed by atoms with Gasteiger partial charge in [0.05, 0.1) is 13.0 Å². The van der Waals surface area contributed by atoms with Gasteiger partial charge in [-0.25, -0.2) is 0 Å². The van der Waals surface area contributed by atoms with E-state index in [1.165, 1.54) is 30.6 Å². The zero-order chi connectivity index (χ0) is 16.7. The maximum atomic E-state index is 12.5. The van der Waals surface area contributed by atoms with Crippen LogP contribution in [0.5, 0.6) is 0 Å². The molecule has 24 heavy (non-hydrogen) atoms. The molecule has 3 fully saturated rings. The minimum atomic E-state index is -0.0580. The zero-order valence-corrected chi connectivity index (χ0v) is 14.3. The zero-order valence-electron chi connectivity index (χ0n) is 14.3. The van der Waals surface area contributed by atoms with Crippen LogP contribution in [0.1, 0.15) is 36.3 Å². The summed E-state index contributed by atoms with van der Waals surface area (Å²) in [7, 11) is 3.67. The number of methoxy groups -OCH3 is 1. The lowest BCUT2D eigenvalue weighted by atomic mass is 9.76. The summed E-state index contributed by atoms with van der Waals surface area (Å²) in [6.07, 6.45) is 11.7. The summed E-state index contributed by atoms with van der Waals surface area (Å²) in [4.78, 5) is 14.9. The molecule has 2 saturated heterocycles. The first-order valence-corrected chi connectivity index (χ1v) is 8.81. The third kappa shape index (κ3) is 2.67. The van der Waals surface area contributed by atoms with Gasteiger partial charge in [0.2, 0.25) is 0 Å². The van der Waals surface area contributed by atoms with E-state index in [2.05, 4.69) is 61.9 Å². The second-order valence-electron chi connectivity index (χ2n) is 7.15. The molecule has 3 heteroatoms. The highest BCUT2D eigenvalue weighted by atomic mass is 16.5. The van der Waals surface area contributed by atoms with Crippen molar-refractivity contribution in [3.8, 4) is 0 Å². The molecule has 1 aromatic rings. The van der Waals surface area contributed by atoms with Gasteiger partial charge in [-0.1, -0.05) is 24.3 Å². The normalized spacial score (nSPS) is 33.8. The van der Waals surface area contributed by atoms with E-state index < -0.39 is 0 Å². The molecule has 3 aliphatic rings. The number of benzene rings is 1. The molecule has 4 atom stereocenters. The summed E-state index contributed by atoms with van der Waals surface area (Å²) in [5, 5.41) is 0. The first kappa shape index (κ1) is 16.1. The van der Waals surface area contributed by atoms with Crippen LogP contribution in [0.15, 0.2) is 24.3 Å². The molecule has 0 amide bonds. The summed E-state index contributed by atoms with van der Waals surface area (Å²) in [6, 6.07) is 9.67. The Balaban J connectivity index is 1.60. The SMILES string of the molecule is COC(=O)C1C(c2ccc([C]3[CH][CH][CH][CH]3)cc2)CC2CCC1N2C. The molecule has 2 heterocycles. The van der Waals surface area contributed by atoms with Gasteiger partial charge in [0.15, 0.2) is 0 Å². The van der Waals surface area contributed by atoms with E-state index in [-0.39, 0.29) is 17.8 Å². The third-order valence-electron chi connectivity index (χ3n) is 6.08. The molecule has 0 aromatic heterocycles. The van der Waals surface area contributed by atoms with Gasteiger partial charge in [-0.15, -0.1) is 0 Å². The monoisotopic (exact) mass is 322 g/mol. The molecule has 2 aliphatic heterocycles. The molecule has 4 unspecified atom stereocenters. The van der Waals surface area contributed by atoms with E-state index in [9.17, 15) is 4.79 Å². The Bertz CT molecular complexity index is 590. The fourth-order valence-electron chi connectivity index (χ4n) is 4.76. The van der Waals surface area contributed by atoms with E-state index in [1.807, 2.05) is 0 Å². The number of fused-ring (bicyclic) bond motifs is 2. The van der Waals surface area contributed by atoms with Crippen LogP contribution in [0.4, 0.5) is 0 Å². The molecule has 0 N–H and O–H groups in total. The van der Waals surface area contributed by atoms with Gasteiger partial charge < -0.3 is 4.74 Å². The summed E-state index contributed by atoms with van der Waals surface area (Å²) in [5.41, 5.74) is 2.50. The molecule has 1 aliphatic carbocycles. The molecular weight excluding hydrogens is 298 g/mol. The number of esters is 1. The molecule has 4 rings (SSSR count). The van der Waals surface area contributed by atoms with Gasteiger partial charge >= 0.3 is 5.97 Å². The minimum Gasteiger partial charge on any atom is -0.469 e. The highest BCUT2D eigenvalue weighted by Crippen LogP contribution is 2.46. The number of hydrogen-bond donors (Lipinski definition) is 0. The molecule has 125 valence electrons. The van der Waals surface area contributed by atoms with Crippen molar-refractivity contribution in [1.29, 1.82) is 0 Å². The quantitative estimate of drug-likeness (QED) is 0.801. The lowest BCUT2D eigenvalue weighted by Gasteiger charge is -2.41. The topological polar surface area (TPSA) is 29.5 Å². The maximum absolute atomic E-state index is 12.5. The Labute approximate surface area is 145 Å². The van der Waals surface area contributed by atoms with Crippen LogP contribution in [-0.4, -0.2) is 37.1 Å². The molecule has 1 aromatic carbocycles. The van der Waals surface area contributed by atoms with Gasteiger partial charge in [-0.3, -0.25) is 9.69 Å². The van der Waals surface area contributed by atoms with Crippen LogP contribution in [0.3, 0.4) is 0 Å². The number of piperidine rings is 1. The van der Waals surface area contributed by atoms with Gasteiger partial charge in [0.1, 0.15) is 0 Å². The summed E-state index contributed by atoms with van der Waals surface area (Å²) >= 11 is 0. The Morgan fingerprint density at radius 2 is 1.83 bits per heavy atom. The fraction of sp³-hybridized carbons (Fsp3) is 0.429. The molecule has 3 nitrogen and oxygen atoms in total. The van der Waals surface area contributed by atoms with Crippen LogP contribution in [0.2, 0.25) is 0 Å². The highest BCUT2D eigenvalue weighted by molar-refractivity contribution is 5.75. The van der Waals surface area contributed by atoms with Crippen LogP contribution >= 0.6 is 0 Å². The highest BCUT2D eigenvalue weighted by Gasteiger charge is 2.49. The van der Waals surface area contributed by atoms with Crippen LogP contribution in [0.25, 0.3) is 0 Å². The Morgan fingerprint density at radius 1 is 1.12 bits per heavy atom. The third-order valence-corrected chi connectivity index (χ3v) is 6.08. The summed E-state index contributed by atoms with van der Waals surface area (Å²) in [5.74, 6) is 1.40. The van der Waals surface area contributed by atoms with Crippen LogP contribution < -0.4 is 0 Å². The van der Waals surface area contributed by atoms with Crippen LogP contribution in [-0.2, 0) is 9.53 Å². The second kappa shape index (κ2) is 6.51. The predicted molar refractivity (Wildman–Crippen MR) is 93.4 cm³/mol. The molecule has 5 radical (unpaired) electrons. The van der Waals surface area contributed by atoms with Crippen LogP contribution in [0, 0.1) is 37.5 Å². The number of hydrogen-bond acceptors (Lipinski definition) is 3. The van der Waals surface area contributed by atoms with Gasteiger partial charge in [0, 0.05) is 23.9 Å². The lowest BCUT2D eigenvalue weighted by Crippen LogP contribution is -2.49. The van der Waals surface area contributed by atoms with E-state index in [0.29, 0.717) is 12.1 Å². The number of rotatable bonds is 3. The molecular formula is C21H24NO2. The van der Waals surface area contributed by atoms with Gasteiger partial charge in [-0.2, -0.15) is 0 Å². The van der Waals surface area contributed by atoms with Crippen molar-refractivity contribution in [2.24, 2.45) is 5.92 Å². The summed E-state index contributed by atoms with van der Waals surface area (Å²) < 4.78 is 5.16. The van der Waals surface area contributed by atoms with Crippen molar-refractivity contribution < 1.29 is 9.53 Å². The largest absolute Gasteiger partial charge is 0.469 e. The first-order valence-electron chi connectivity index (χ1n) is 8.81. The molecule has 2 bridgehead atoms. The maximum Gasteiger partial charge on any atom is 0.310 e. The predicted octanol–water partition coefficient (Wildman–Crippen LogP) is 3.18. The van der Waals surface area contributed by atoms with Crippen molar-refractivity contribution in [2.75, 3.05) is 14.2 Å². The minimum absolute atomic E-state index is 0.0523. The molecule has 0 spiro atoms. The fourth-order valence-corrected chi connectivity index (χ4v) is 4.76. The van der Waals surface area contributed by atoms with E-state index in [0.717, 1.165) is 12.8 Å². The Kier molecular flexibility index (Phi) is 4.38. The smallest absolute Gasteiger partial charge is 0.310 e. The second-order valence-corrected chi connectivity index (χ2v) is 7.15. The number of carbonyl (C=O) groups excluding carboxylic acids is 1. The summed E-state index contributed by atoms with van der Waals surface area (Å²) in [6.45, 7) is 0. The van der Waals surface area contributed by atoms with Crippen molar-refractivity contribution in [1.82, 2.24) is 4.90 Å². The van der Waals surface area contributed by atoms with Crippen molar-refractivity contribution in [3.05, 3.63) is 67.0 Å². The van der Waals surface area contributed by atoms with Gasteiger partial charge in [0.25, 0.3) is 0 Å². The average Bonchev–Trinajstić information content (AvgIpc) is 3.21. The van der Waals surface area contributed by atoms with E-state index >= 15 is 0 Å². The Morgan fingerprint density at radius 3 is 2.50 bits per heavy atom. The van der Waals surface area contributed by atoms with Crippen molar-refractivity contribution in [2.45, 2.75) is 37.3 Å². The number of ether oxygens (including phenoxy) is 1. The molecule has 1 saturated carbocycles. The van der Waals surface area contributed by atoms with Crippen molar-refractivity contribution >= 4 is 5.97 Å². The van der Waals surface area contributed by atoms with Gasteiger partial charge in [-0.05, 0) is 63.1 Å². The number of nitrogens with zero attached hydrogens (tertiary/aromatic N) is 1. The first-order chi connectivity index (χ1) is 11.7. The standard InChI is InChI=1S/C21H24NO2/c1-22-17-11-12-19(22)20(21(23)24-2)18(13-17)16-9-7-15(8-10-16)14-5-3-4-6-14/h3-10,17-20H,11-13H2,1-2H3.